The molecule has 3 aromatic rings. The van der Waals surface area contributed by atoms with Crippen molar-refractivity contribution in [2.24, 2.45) is 0 Å². The predicted octanol–water partition coefficient (Wildman–Crippen LogP) is 3.08. The highest BCUT2D eigenvalue weighted by molar-refractivity contribution is 7.99. The molecule has 0 spiro atoms. The van der Waals surface area contributed by atoms with E-state index in [4.69, 9.17) is 49.5 Å². The summed E-state index contributed by atoms with van der Waals surface area (Å²) in [4.78, 5) is 122. The standard InChI is InChI=1S/C44H41ClN2O17S/c1-21(48)59-35-30(19-57-32(52)18-45)63-43(33(37(35)61-23(3)50)46-39(53)26-14-8-9-15-27(26)40(46)54)58-20-31-36(60-22(2)49)38(62-24(4)51)34(44(64-31)65-25-12-6-5-7-13-25)47-41(55)28-16-10-11-17-29(28)42(47)56/h5-17,30-31,33-38,43-44H,18-20H2,1-4H3/t30-,31-,33-,34-,35-,36-,37-,38-,43-,44+/m1/s1. The molecule has 0 radical (unpaired) electrons. The SMILES string of the molecule is CC(=O)O[C@H]1[C@H](OC(C)=O)[C@@H](CO[C@@H]2O[C@H](COC(=O)CCl)[C@@H](OC(C)=O)[C@H](OC(C)=O)[C@H]2N2C(=O)c3ccccc3C2=O)O[C@@H](Sc2ccccc2)[C@@H]1N1C(=O)c2ccccc2C1=O. The van der Waals surface area contributed by atoms with Crippen LogP contribution in [0, 0.1) is 0 Å². The van der Waals surface area contributed by atoms with Crippen LogP contribution in [-0.4, -0.2) is 143 Å². The summed E-state index contributed by atoms with van der Waals surface area (Å²) in [7, 11) is 0. The minimum atomic E-state index is -1.84. The van der Waals surface area contributed by atoms with E-state index in [1.54, 1.807) is 42.5 Å². The lowest BCUT2D eigenvalue weighted by Crippen LogP contribution is -2.68. The number of thioether (sulfide) groups is 1. The molecule has 0 aliphatic carbocycles. The summed E-state index contributed by atoms with van der Waals surface area (Å²) in [6.07, 6.45) is -11.4. The number of esters is 5. The minimum absolute atomic E-state index is 0.0187. The van der Waals surface area contributed by atoms with Crippen molar-refractivity contribution in [2.45, 2.75) is 93.0 Å². The molecule has 0 aromatic heterocycles. The average molecular weight is 937 g/mol. The number of benzene rings is 3. The first-order valence-electron chi connectivity index (χ1n) is 20.1. The molecule has 65 heavy (non-hydrogen) atoms. The zero-order valence-corrected chi connectivity index (χ0v) is 36.6. The van der Waals surface area contributed by atoms with Gasteiger partial charge in [-0.05, 0) is 36.4 Å². The van der Waals surface area contributed by atoms with E-state index in [1.165, 1.54) is 36.4 Å². The minimum Gasteiger partial charge on any atom is -0.462 e. The fourth-order valence-electron chi connectivity index (χ4n) is 8.14. The molecule has 2 saturated heterocycles. The second-order valence-electron chi connectivity index (χ2n) is 15.0. The zero-order chi connectivity index (χ0) is 46.7. The second kappa shape index (κ2) is 19.9. The van der Waals surface area contributed by atoms with Gasteiger partial charge in [0.15, 0.2) is 30.7 Å². The molecule has 4 aliphatic heterocycles. The van der Waals surface area contributed by atoms with Gasteiger partial charge in [0.1, 0.15) is 42.2 Å². The molecule has 19 nitrogen and oxygen atoms in total. The number of amides is 4. The lowest BCUT2D eigenvalue weighted by Gasteiger charge is -2.49. The number of hydrogen-bond acceptors (Lipinski definition) is 18. The Morgan fingerprint density at radius 2 is 0.954 bits per heavy atom. The number of ether oxygens (including phenoxy) is 8. The van der Waals surface area contributed by atoms with Crippen molar-refractivity contribution in [1.29, 1.82) is 0 Å². The molecule has 0 N–H and O–H groups in total. The molecule has 2 fully saturated rings. The Morgan fingerprint density at radius 1 is 0.554 bits per heavy atom. The number of carbonyl (C=O) groups excluding carboxylic acids is 9. The van der Waals surface area contributed by atoms with Crippen LogP contribution in [0.5, 0.6) is 0 Å². The molecular formula is C44H41ClN2O17S. The highest BCUT2D eigenvalue weighted by Gasteiger charge is 2.60. The maximum atomic E-state index is 14.2. The molecule has 3 aromatic carbocycles. The van der Waals surface area contributed by atoms with E-state index < -0.39 is 133 Å². The first-order chi connectivity index (χ1) is 31.1. The summed E-state index contributed by atoms with van der Waals surface area (Å²) in [5.74, 6) is -8.30. The number of carbonyl (C=O) groups is 9. The monoisotopic (exact) mass is 936 g/mol. The largest absolute Gasteiger partial charge is 0.462 e. The highest BCUT2D eigenvalue weighted by Crippen LogP contribution is 2.42. The van der Waals surface area contributed by atoms with Crippen molar-refractivity contribution in [2.75, 3.05) is 19.1 Å². The number of rotatable bonds is 14. The van der Waals surface area contributed by atoms with E-state index in [0.717, 1.165) is 49.3 Å². The van der Waals surface area contributed by atoms with Gasteiger partial charge in [-0.2, -0.15) is 0 Å². The van der Waals surface area contributed by atoms with Crippen molar-refractivity contribution < 1.29 is 81.0 Å². The van der Waals surface area contributed by atoms with Crippen LogP contribution in [0.2, 0.25) is 0 Å². The van der Waals surface area contributed by atoms with E-state index in [9.17, 15) is 43.2 Å². The van der Waals surface area contributed by atoms with Crippen LogP contribution >= 0.6 is 23.4 Å². The highest BCUT2D eigenvalue weighted by atomic mass is 35.5. The Morgan fingerprint density at radius 3 is 1.40 bits per heavy atom. The summed E-state index contributed by atoms with van der Waals surface area (Å²) in [6, 6.07) is 17.5. The van der Waals surface area contributed by atoms with Crippen LogP contribution in [-0.2, 0) is 61.9 Å². The van der Waals surface area contributed by atoms with Crippen LogP contribution in [0.25, 0.3) is 0 Å². The fourth-order valence-corrected chi connectivity index (χ4v) is 9.42. The summed E-state index contributed by atoms with van der Waals surface area (Å²) >= 11 is 6.73. The maximum absolute atomic E-state index is 14.2. The van der Waals surface area contributed by atoms with Gasteiger partial charge in [-0.15, -0.1) is 11.6 Å². The Bertz CT molecular complexity index is 2330. The van der Waals surface area contributed by atoms with Gasteiger partial charge in [0.2, 0.25) is 0 Å². The van der Waals surface area contributed by atoms with E-state index in [1.807, 2.05) is 0 Å². The van der Waals surface area contributed by atoms with Crippen LogP contribution < -0.4 is 0 Å². The molecule has 4 heterocycles. The smallest absolute Gasteiger partial charge is 0.320 e. The molecule has 10 atom stereocenters. The summed E-state index contributed by atoms with van der Waals surface area (Å²) < 4.78 is 47.6. The van der Waals surface area contributed by atoms with Crippen LogP contribution in [0.15, 0.2) is 83.8 Å². The number of imide groups is 2. The normalized spacial score (nSPS) is 27.1. The number of nitrogens with zero attached hydrogens (tertiary/aromatic N) is 2. The predicted molar refractivity (Wildman–Crippen MR) is 221 cm³/mol. The number of hydrogen-bond donors (Lipinski definition) is 0. The quantitative estimate of drug-likeness (QED) is 0.0978. The van der Waals surface area contributed by atoms with Gasteiger partial charge < -0.3 is 37.9 Å². The molecule has 0 saturated carbocycles. The Hall–Kier alpha value is -6.19. The number of alkyl halides is 1. The van der Waals surface area contributed by atoms with Crippen molar-refractivity contribution >= 4 is 76.8 Å². The molecule has 7 rings (SSSR count). The second-order valence-corrected chi connectivity index (χ2v) is 16.4. The average Bonchev–Trinajstić information content (AvgIpc) is 3.67. The van der Waals surface area contributed by atoms with E-state index in [0.29, 0.717) is 4.90 Å². The molecule has 4 amide bonds. The maximum Gasteiger partial charge on any atom is 0.320 e. The Labute approximate surface area is 379 Å². The van der Waals surface area contributed by atoms with Gasteiger partial charge in [0.25, 0.3) is 23.6 Å². The van der Waals surface area contributed by atoms with Crippen LogP contribution in [0.1, 0.15) is 69.1 Å². The lowest BCUT2D eigenvalue weighted by molar-refractivity contribution is -0.296. The van der Waals surface area contributed by atoms with E-state index in [-0.39, 0.29) is 22.3 Å². The van der Waals surface area contributed by atoms with Gasteiger partial charge in [-0.3, -0.25) is 53.0 Å². The number of halogens is 1. The van der Waals surface area contributed by atoms with Gasteiger partial charge >= 0.3 is 29.8 Å². The summed E-state index contributed by atoms with van der Waals surface area (Å²) in [6.45, 7) is 2.86. The van der Waals surface area contributed by atoms with Crippen molar-refractivity contribution in [1.82, 2.24) is 9.80 Å². The zero-order valence-electron chi connectivity index (χ0n) is 35.0. The molecule has 0 unspecified atom stereocenters. The van der Waals surface area contributed by atoms with Gasteiger partial charge in [-0.1, -0.05) is 54.2 Å². The van der Waals surface area contributed by atoms with Gasteiger partial charge in [-0.25, -0.2) is 0 Å². The van der Waals surface area contributed by atoms with Crippen molar-refractivity contribution in [3.63, 3.8) is 0 Å². The van der Waals surface area contributed by atoms with E-state index in [2.05, 4.69) is 0 Å². The fraction of sp³-hybridized carbons (Fsp3) is 0.386. The first kappa shape index (κ1) is 46.8. The molecule has 21 heteroatoms. The van der Waals surface area contributed by atoms with Crippen molar-refractivity contribution in [3.8, 4) is 0 Å². The van der Waals surface area contributed by atoms with Crippen molar-refractivity contribution in [3.05, 3.63) is 101 Å². The lowest BCUT2D eigenvalue weighted by atomic mass is 9.94. The third-order valence-corrected chi connectivity index (χ3v) is 12.0. The topological polar surface area (TPSA) is 234 Å². The Kier molecular flexibility index (Phi) is 14.3. The van der Waals surface area contributed by atoms with Crippen LogP contribution in [0.4, 0.5) is 0 Å². The number of fused-ring (bicyclic) bond motifs is 2. The molecule has 0 bridgehead atoms. The van der Waals surface area contributed by atoms with Gasteiger partial charge in [0, 0.05) is 32.6 Å². The third-order valence-electron chi connectivity index (χ3n) is 10.6. The van der Waals surface area contributed by atoms with E-state index >= 15 is 0 Å². The molecule has 4 aliphatic rings. The molecule has 342 valence electrons. The summed E-state index contributed by atoms with van der Waals surface area (Å²) in [5, 5.41) is 0. The first-order valence-corrected chi connectivity index (χ1v) is 21.5. The summed E-state index contributed by atoms with van der Waals surface area (Å²) in [5.41, 5.74) is -1.16. The van der Waals surface area contributed by atoms with Crippen LogP contribution in [0.3, 0.4) is 0 Å². The van der Waals surface area contributed by atoms with Gasteiger partial charge in [0.05, 0.1) is 28.9 Å². The third kappa shape index (κ3) is 9.76. The Balaban J connectivity index is 1.31. The molecular weight excluding hydrogens is 896 g/mol.